The third-order valence-electron chi connectivity index (χ3n) is 13.2. The summed E-state index contributed by atoms with van der Waals surface area (Å²) in [6.07, 6.45) is 10.8. The maximum atomic E-state index is 14.7. The van der Waals surface area contributed by atoms with Crippen molar-refractivity contribution in [3.8, 4) is 11.6 Å². The van der Waals surface area contributed by atoms with Crippen molar-refractivity contribution in [2.24, 2.45) is 18.9 Å². The lowest BCUT2D eigenvalue weighted by Crippen LogP contribution is -2.57. The molecule has 1 N–H and O–H groups in total. The van der Waals surface area contributed by atoms with Crippen LogP contribution in [0.3, 0.4) is 0 Å². The van der Waals surface area contributed by atoms with Crippen LogP contribution >= 0.6 is 11.3 Å². The Hall–Kier alpha value is -6.38. The highest BCUT2D eigenvalue weighted by Gasteiger charge is 2.35. The quantitative estimate of drug-likeness (QED) is 0.0784. The summed E-state index contributed by atoms with van der Waals surface area (Å²) in [5, 5.41) is 13.6. The average Bonchev–Trinajstić information content (AvgIpc) is 4.21. The maximum absolute atomic E-state index is 14.7. The number of aryl methyl sites for hydroxylation is 1. The zero-order valence-corrected chi connectivity index (χ0v) is 41.0. The molecule has 1 aliphatic carbocycles. The molecule has 0 radical (unpaired) electrons. The molecule has 6 aromatic rings. The molecule has 2 atom stereocenters. The van der Waals surface area contributed by atoms with Gasteiger partial charge in [-0.1, -0.05) is 13.8 Å². The van der Waals surface area contributed by atoms with E-state index in [1.54, 1.807) is 75.2 Å². The van der Waals surface area contributed by atoms with Gasteiger partial charge in [0, 0.05) is 94.7 Å². The summed E-state index contributed by atoms with van der Waals surface area (Å²) in [4.78, 5) is 64.3. The minimum atomic E-state index is -0.848. The van der Waals surface area contributed by atoms with Crippen LogP contribution in [0, 0.1) is 17.7 Å². The molecule has 0 bridgehead atoms. The highest BCUT2D eigenvalue weighted by Crippen LogP contribution is 2.35. The molecule has 6 heterocycles. The van der Waals surface area contributed by atoms with Crippen molar-refractivity contribution in [1.82, 2.24) is 44.5 Å². The standard InChI is InChI=1S/C50H62FN9O9S/c1-5-33(2)47(61)54-40(32-60-17-6-15-53-60)48(62)58-18-20-59(21-19-58)50(64)45-44(38-30-35(51)9-12-41(38)57(45)4)49(63)56(3)22-23-65-24-25-66-26-27-67-43-31-37(69-55-43)29-34-7-10-36(11-8-34)68-42-13-16-52-39-14-28-70-46(39)42/h6,9,12-17,28,30-31,33-34,36,40H,5,7-8,10-11,18-27,29,32H2,1-4H3,(H,54,61)/t33-,34?,36?,40+/m1/s1. The van der Waals surface area contributed by atoms with Gasteiger partial charge in [-0.05, 0) is 85.0 Å². The highest BCUT2D eigenvalue weighted by atomic mass is 32.1. The SMILES string of the molecule is CC[C@@H](C)C(=O)N[C@@H](Cn1cccn1)C(=O)N1CCN(C(=O)c2c(C(=O)N(C)CCOCCOCCOc3cc(CC4CCC(Oc5ccnc6ccsc56)CC4)on3)c3cc(F)ccc3n2C)CC1. The fourth-order valence-electron chi connectivity index (χ4n) is 9.00. The Morgan fingerprint density at radius 1 is 0.957 bits per heavy atom. The van der Waals surface area contributed by atoms with Gasteiger partial charge in [0.25, 0.3) is 17.7 Å². The summed E-state index contributed by atoms with van der Waals surface area (Å²) in [5.41, 5.74) is 1.71. The average molecular weight is 984 g/mol. The smallest absolute Gasteiger partial charge is 0.271 e. The van der Waals surface area contributed by atoms with Crippen LogP contribution in [0.4, 0.5) is 4.39 Å². The zero-order chi connectivity index (χ0) is 49.1. The van der Waals surface area contributed by atoms with Gasteiger partial charge in [0.1, 0.15) is 35.7 Å². The molecule has 18 nitrogen and oxygen atoms in total. The summed E-state index contributed by atoms with van der Waals surface area (Å²) >= 11 is 1.65. The fourth-order valence-corrected chi connectivity index (χ4v) is 9.81. The first kappa shape index (κ1) is 50.0. The van der Waals surface area contributed by atoms with Crippen LogP contribution in [-0.4, -0.2) is 148 Å². The van der Waals surface area contributed by atoms with Gasteiger partial charge in [-0.25, -0.2) is 4.39 Å². The lowest BCUT2D eigenvalue weighted by Gasteiger charge is -2.37. The van der Waals surface area contributed by atoms with E-state index in [1.165, 1.54) is 17.0 Å². The van der Waals surface area contributed by atoms with E-state index < -0.39 is 23.7 Å². The lowest BCUT2D eigenvalue weighted by atomic mass is 9.84. The van der Waals surface area contributed by atoms with Gasteiger partial charge in [0.15, 0.2) is 0 Å². The van der Waals surface area contributed by atoms with E-state index >= 15 is 0 Å². The number of hydrogen-bond acceptors (Lipinski definition) is 13. The van der Waals surface area contributed by atoms with E-state index in [2.05, 4.69) is 20.6 Å². The molecule has 70 heavy (non-hydrogen) atoms. The molecule has 2 fully saturated rings. The summed E-state index contributed by atoms with van der Waals surface area (Å²) in [5.74, 6) is 0.436. The van der Waals surface area contributed by atoms with Crippen molar-refractivity contribution in [2.75, 3.05) is 72.8 Å². The minimum Gasteiger partial charge on any atom is -0.489 e. The molecular weight excluding hydrogens is 922 g/mol. The summed E-state index contributed by atoms with van der Waals surface area (Å²) in [6.45, 7) is 6.24. The molecule has 20 heteroatoms. The molecule has 1 aliphatic heterocycles. The number of hydrogen-bond donors (Lipinski definition) is 1. The third kappa shape index (κ3) is 12.1. The normalized spacial score (nSPS) is 17.2. The van der Waals surface area contributed by atoms with E-state index in [1.807, 2.05) is 37.4 Å². The molecular formula is C50H62FN9O9S. The van der Waals surface area contributed by atoms with E-state index in [0.717, 1.165) is 53.8 Å². The van der Waals surface area contributed by atoms with Crippen LogP contribution in [0.5, 0.6) is 11.6 Å². The van der Waals surface area contributed by atoms with Crippen LogP contribution < -0.4 is 14.8 Å². The number of rotatable bonds is 22. The summed E-state index contributed by atoms with van der Waals surface area (Å²) in [7, 11) is 3.29. The number of piperazine rings is 1. The predicted octanol–water partition coefficient (Wildman–Crippen LogP) is 5.99. The van der Waals surface area contributed by atoms with E-state index in [4.69, 9.17) is 23.5 Å². The molecule has 8 rings (SSSR count). The number of nitrogens with one attached hydrogen (secondary N) is 1. The van der Waals surface area contributed by atoms with Crippen molar-refractivity contribution in [1.29, 1.82) is 0 Å². The van der Waals surface area contributed by atoms with Crippen LogP contribution in [0.1, 0.15) is 72.6 Å². The van der Waals surface area contributed by atoms with E-state index in [9.17, 15) is 23.6 Å². The second kappa shape index (κ2) is 23.5. The van der Waals surface area contributed by atoms with Gasteiger partial charge in [-0.2, -0.15) is 5.10 Å². The number of benzene rings is 1. The number of nitrogens with zero attached hydrogens (tertiary/aromatic N) is 8. The Kier molecular flexibility index (Phi) is 16.8. The first-order valence-corrected chi connectivity index (χ1v) is 25.0. The zero-order valence-electron chi connectivity index (χ0n) is 40.2. The number of fused-ring (bicyclic) bond motifs is 2. The van der Waals surface area contributed by atoms with Crippen LogP contribution in [0.25, 0.3) is 21.1 Å². The number of amides is 4. The number of halogens is 1. The molecule has 1 saturated carbocycles. The monoisotopic (exact) mass is 983 g/mol. The number of carbonyl (C=O) groups excluding carboxylic acids is 4. The second-order valence-electron chi connectivity index (χ2n) is 18.0. The Labute approximate surface area is 409 Å². The van der Waals surface area contributed by atoms with Crippen molar-refractivity contribution in [3.63, 3.8) is 0 Å². The second-order valence-corrected chi connectivity index (χ2v) is 18.9. The fraction of sp³-hybridized carbons (Fsp3) is 0.500. The molecule has 4 amide bonds. The predicted molar refractivity (Wildman–Crippen MR) is 259 cm³/mol. The molecule has 2 aliphatic rings. The van der Waals surface area contributed by atoms with Gasteiger partial charge in [0.2, 0.25) is 11.8 Å². The van der Waals surface area contributed by atoms with Gasteiger partial charge in [0.05, 0.1) is 54.9 Å². The number of ether oxygens (including phenoxy) is 4. The Morgan fingerprint density at radius 2 is 1.71 bits per heavy atom. The number of aromatic nitrogens is 5. The number of pyridine rings is 1. The van der Waals surface area contributed by atoms with Crippen molar-refractivity contribution >= 4 is 56.1 Å². The van der Waals surface area contributed by atoms with Gasteiger partial charge >= 0.3 is 0 Å². The first-order valence-electron chi connectivity index (χ1n) is 24.1. The third-order valence-corrected chi connectivity index (χ3v) is 14.2. The lowest BCUT2D eigenvalue weighted by molar-refractivity contribution is -0.139. The summed E-state index contributed by atoms with van der Waals surface area (Å²) in [6, 6.07) is 10.8. The van der Waals surface area contributed by atoms with E-state index in [-0.39, 0.29) is 94.2 Å². The van der Waals surface area contributed by atoms with Crippen molar-refractivity contribution in [2.45, 2.75) is 71.1 Å². The van der Waals surface area contributed by atoms with Crippen LogP contribution in [0.2, 0.25) is 0 Å². The molecule has 5 aromatic heterocycles. The van der Waals surface area contributed by atoms with Gasteiger partial charge in [-0.15, -0.1) is 11.3 Å². The first-order chi connectivity index (χ1) is 34.0. The number of carbonyl (C=O) groups is 4. The summed E-state index contributed by atoms with van der Waals surface area (Å²) < 4.78 is 48.2. The maximum Gasteiger partial charge on any atom is 0.271 e. The number of thiophene rings is 1. The Morgan fingerprint density at radius 3 is 2.47 bits per heavy atom. The van der Waals surface area contributed by atoms with Gasteiger partial charge < -0.3 is 48.1 Å². The molecule has 0 unspecified atom stereocenters. The van der Waals surface area contributed by atoms with Crippen LogP contribution in [-0.2, 0) is 39.1 Å². The number of likely N-dealkylation sites (N-methyl/N-ethyl adjacent to an activating group) is 1. The molecule has 0 spiro atoms. The Bertz CT molecular complexity index is 2710. The minimum absolute atomic E-state index is 0.0903. The van der Waals surface area contributed by atoms with Gasteiger partial charge in [-0.3, -0.25) is 28.8 Å². The molecule has 1 saturated heterocycles. The van der Waals surface area contributed by atoms with E-state index in [0.29, 0.717) is 42.3 Å². The molecule has 1 aromatic carbocycles. The largest absolute Gasteiger partial charge is 0.489 e. The van der Waals surface area contributed by atoms with Crippen molar-refractivity contribution < 1.29 is 47.0 Å². The molecule has 374 valence electrons. The van der Waals surface area contributed by atoms with Crippen LogP contribution in [0.15, 0.2) is 71.0 Å². The Balaban J connectivity index is 0.754. The van der Waals surface area contributed by atoms with Crippen molar-refractivity contribution in [3.05, 3.63) is 89.3 Å². The highest BCUT2D eigenvalue weighted by molar-refractivity contribution is 7.17. The topological polar surface area (TPSA) is 189 Å².